The van der Waals surface area contributed by atoms with Crippen molar-refractivity contribution in [1.82, 2.24) is 15.5 Å². The fourth-order valence-corrected chi connectivity index (χ4v) is 1.81. The zero-order valence-electron chi connectivity index (χ0n) is 11.6. The fourth-order valence-electron chi connectivity index (χ4n) is 1.81. The Balaban J connectivity index is 2.05. The Morgan fingerprint density at radius 2 is 2.05 bits per heavy atom. The maximum atomic E-state index is 11.5. The van der Waals surface area contributed by atoms with E-state index in [0.717, 1.165) is 39.3 Å². The minimum atomic E-state index is -0.635. The summed E-state index contributed by atoms with van der Waals surface area (Å²) in [6, 6.07) is -0.982. The lowest BCUT2D eigenvalue weighted by Gasteiger charge is -2.26. The zero-order chi connectivity index (χ0) is 14.1. The second-order valence-corrected chi connectivity index (χ2v) is 4.45. The van der Waals surface area contributed by atoms with Crippen LogP contribution < -0.4 is 10.6 Å². The summed E-state index contributed by atoms with van der Waals surface area (Å²) in [4.78, 5) is 24.9. The van der Waals surface area contributed by atoms with Gasteiger partial charge in [0.1, 0.15) is 6.04 Å². The average Bonchev–Trinajstić information content (AvgIpc) is 2.43. The minimum absolute atomic E-state index is 0.347. The summed E-state index contributed by atoms with van der Waals surface area (Å²) in [5.74, 6) is -0.455. The molecule has 1 aliphatic rings. The predicted octanol–water partition coefficient (Wildman–Crippen LogP) is -0.431. The number of esters is 1. The molecule has 1 unspecified atom stereocenters. The van der Waals surface area contributed by atoms with Gasteiger partial charge in [-0.15, -0.1) is 0 Å². The topological polar surface area (TPSA) is 79.9 Å². The van der Waals surface area contributed by atoms with Gasteiger partial charge < -0.3 is 20.1 Å². The van der Waals surface area contributed by atoms with Crippen LogP contribution in [-0.2, 0) is 14.3 Å². The van der Waals surface area contributed by atoms with Crippen molar-refractivity contribution in [2.75, 3.05) is 46.5 Å². The van der Waals surface area contributed by atoms with E-state index in [1.54, 1.807) is 6.92 Å². The molecule has 1 aliphatic heterocycles. The van der Waals surface area contributed by atoms with E-state index in [1.165, 1.54) is 7.11 Å². The van der Waals surface area contributed by atoms with Gasteiger partial charge in [0.2, 0.25) is 0 Å². The van der Waals surface area contributed by atoms with Crippen LogP contribution in [0.3, 0.4) is 0 Å². The van der Waals surface area contributed by atoms with Crippen LogP contribution >= 0.6 is 0 Å². The Morgan fingerprint density at radius 3 is 2.68 bits per heavy atom. The average molecular weight is 273 g/mol. The van der Waals surface area contributed by atoms with Crippen molar-refractivity contribution in [1.29, 1.82) is 0 Å². The van der Waals surface area contributed by atoms with Gasteiger partial charge in [0.05, 0.1) is 20.3 Å². The lowest BCUT2D eigenvalue weighted by molar-refractivity contribution is -0.142. The summed E-state index contributed by atoms with van der Waals surface area (Å²) >= 11 is 0. The highest BCUT2D eigenvalue weighted by atomic mass is 16.5. The summed E-state index contributed by atoms with van der Waals surface area (Å²) in [6.45, 7) is 6.57. The first-order valence-corrected chi connectivity index (χ1v) is 6.55. The van der Waals surface area contributed by atoms with Crippen LogP contribution in [0.5, 0.6) is 0 Å². The number of hydrogen-bond acceptors (Lipinski definition) is 5. The summed E-state index contributed by atoms with van der Waals surface area (Å²) < 4.78 is 9.77. The Bertz CT molecular complexity index is 293. The van der Waals surface area contributed by atoms with Crippen LogP contribution in [0.25, 0.3) is 0 Å². The molecule has 1 rings (SSSR count). The van der Waals surface area contributed by atoms with Gasteiger partial charge in [-0.1, -0.05) is 0 Å². The SMILES string of the molecule is COC(=O)C(C)NC(=O)NCCCN1CCOCC1. The Hall–Kier alpha value is -1.34. The van der Waals surface area contributed by atoms with Gasteiger partial charge in [-0.25, -0.2) is 9.59 Å². The molecule has 0 aromatic heterocycles. The largest absolute Gasteiger partial charge is 0.467 e. The third-order valence-corrected chi connectivity index (χ3v) is 2.94. The molecule has 110 valence electrons. The minimum Gasteiger partial charge on any atom is -0.467 e. The lowest BCUT2D eigenvalue weighted by atomic mass is 10.3. The predicted molar refractivity (Wildman–Crippen MR) is 69.9 cm³/mol. The zero-order valence-corrected chi connectivity index (χ0v) is 11.6. The molecule has 0 radical (unpaired) electrons. The quantitative estimate of drug-likeness (QED) is 0.507. The van der Waals surface area contributed by atoms with Crippen molar-refractivity contribution >= 4 is 12.0 Å². The van der Waals surface area contributed by atoms with Crippen molar-refractivity contribution < 1.29 is 19.1 Å². The number of methoxy groups -OCH3 is 1. The van der Waals surface area contributed by atoms with E-state index < -0.39 is 12.0 Å². The van der Waals surface area contributed by atoms with E-state index in [1.807, 2.05) is 0 Å². The van der Waals surface area contributed by atoms with E-state index >= 15 is 0 Å². The maximum Gasteiger partial charge on any atom is 0.328 e. The molecule has 19 heavy (non-hydrogen) atoms. The van der Waals surface area contributed by atoms with Crippen molar-refractivity contribution in [2.45, 2.75) is 19.4 Å². The van der Waals surface area contributed by atoms with Crippen LogP contribution in [0.1, 0.15) is 13.3 Å². The second kappa shape index (κ2) is 8.71. The van der Waals surface area contributed by atoms with Crippen molar-refractivity contribution in [3.05, 3.63) is 0 Å². The monoisotopic (exact) mass is 273 g/mol. The van der Waals surface area contributed by atoms with Crippen molar-refractivity contribution in [3.8, 4) is 0 Å². The normalized spacial score (nSPS) is 17.6. The molecule has 1 atom stereocenters. The first-order chi connectivity index (χ1) is 9.13. The summed E-state index contributed by atoms with van der Waals surface area (Å²) in [5, 5.41) is 5.23. The van der Waals surface area contributed by atoms with E-state index in [-0.39, 0.29) is 6.03 Å². The Morgan fingerprint density at radius 1 is 1.37 bits per heavy atom. The van der Waals surface area contributed by atoms with E-state index in [2.05, 4.69) is 20.3 Å². The van der Waals surface area contributed by atoms with Gasteiger partial charge in [-0.2, -0.15) is 0 Å². The van der Waals surface area contributed by atoms with Crippen LogP contribution in [0, 0.1) is 0 Å². The summed E-state index contributed by atoms with van der Waals surface area (Å²) in [6.07, 6.45) is 0.875. The molecule has 1 saturated heterocycles. The number of carbonyl (C=O) groups excluding carboxylic acids is 2. The lowest BCUT2D eigenvalue weighted by Crippen LogP contribution is -2.45. The molecule has 1 heterocycles. The smallest absolute Gasteiger partial charge is 0.328 e. The molecule has 2 N–H and O–H groups in total. The molecule has 0 aromatic rings. The number of nitrogens with one attached hydrogen (secondary N) is 2. The van der Waals surface area contributed by atoms with Gasteiger partial charge in [0, 0.05) is 19.6 Å². The first-order valence-electron chi connectivity index (χ1n) is 6.55. The number of ether oxygens (including phenoxy) is 2. The summed E-state index contributed by atoms with van der Waals surface area (Å²) in [5.41, 5.74) is 0. The van der Waals surface area contributed by atoms with Gasteiger partial charge in [0.15, 0.2) is 0 Å². The highest BCUT2D eigenvalue weighted by molar-refractivity contribution is 5.83. The first kappa shape index (κ1) is 15.7. The molecule has 0 aliphatic carbocycles. The van der Waals surface area contributed by atoms with Crippen LogP contribution in [-0.4, -0.2) is 69.4 Å². The van der Waals surface area contributed by atoms with E-state index in [4.69, 9.17) is 4.74 Å². The van der Waals surface area contributed by atoms with E-state index in [9.17, 15) is 9.59 Å². The standard InChI is InChI=1S/C12H23N3O4/c1-10(11(16)18-2)14-12(17)13-4-3-5-15-6-8-19-9-7-15/h10H,3-9H2,1-2H3,(H2,13,14,17). The molecular formula is C12H23N3O4. The highest BCUT2D eigenvalue weighted by Gasteiger charge is 2.15. The number of rotatable bonds is 6. The summed E-state index contributed by atoms with van der Waals surface area (Å²) in [7, 11) is 1.29. The van der Waals surface area contributed by atoms with Crippen LogP contribution in [0.4, 0.5) is 4.79 Å². The number of amides is 2. The molecule has 0 spiro atoms. The Kier molecular flexibility index (Phi) is 7.20. The number of morpholine rings is 1. The fraction of sp³-hybridized carbons (Fsp3) is 0.833. The second-order valence-electron chi connectivity index (χ2n) is 4.45. The highest BCUT2D eigenvalue weighted by Crippen LogP contribution is 1.97. The molecule has 7 heteroatoms. The number of nitrogens with zero attached hydrogens (tertiary/aromatic N) is 1. The third-order valence-electron chi connectivity index (χ3n) is 2.94. The molecule has 2 amide bonds. The molecule has 0 aromatic carbocycles. The van der Waals surface area contributed by atoms with Crippen molar-refractivity contribution in [2.24, 2.45) is 0 Å². The molecular weight excluding hydrogens is 250 g/mol. The molecule has 0 bridgehead atoms. The molecule has 1 fully saturated rings. The number of carbonyl (C=O) groups is 2. The van der Waals surface area contributed by atoms with Gasteiger partial charge in [-0.05, 0) is 19.9 Å². The number of urea groups is 1. The van der Waals surface area contributed by atoms with Gasteiger partial charge in [-0.3, -0.25) is 4.90 Å². The van der Waals surface area contributed by atoms with Gasteiger partial charge >= 0.3 is 12.0 Å². The molecule has 7 nitrogen and oxygen atoms in total. The van der Waals surface area contributed by atoms with Crippen molar-refractivity contribution in [3.63, 3.8) is 0 Å². The van der Waals surface area contributed by atoms with Crippen LogP contribution in [0.15, 0.2) is 0 Å². The third kappa shape index (κ3) is 6.40. The molecule has 0 saturated carbocycles. The maximum absolute atomic E-state index is 11.5. The number of hydrogen-bond donors (Lipinski definition) is 2. The van der Waals surface area contributed by atoms with Gasteiger partial charge in [0.25, 0.3) is 0 Å². The Labute approximate surface area is 113 Å². The van der Waals surface area contributed by atoms with Crippen LogP contribution in [0.2, 0.25) is 0 Å². The van der Waals surface area contributed by atoms with E-state index in [0.29, 0.717) is 6.54 Å².